The topological polar surface area (TPSA) is 48.3 Å². The Morgan fingerprint density at radius 3 is 2.95 bits per heavy atom. The highest BCUT2D eigenvalue weighted by atomic mass is 16.5. The lowest BCUT2D eigenvalue weighted by Gasteiger charge is -2.20. The summed E-state index contributed by atoms with van der Waals surface area (Å²) in [4.78, 5) is 23.6. The molecule has 1 aliphatic carbocycles. The summed E-state index contributed by atoms with van der Waals surface area (Å²) in [5, 5.41) is 1.09. The Labute approximate surface area is 117 Å². The first-order valence-electron chi connectivity index (χ1n) is 7.00. The summed E-state index contributed by atoms with van der Waals surface area (Å²) >= 11 is 0. The maximum atomic E-state index is 12.0. The molecule has 1 heterocycles. The van der Waals surface area contributed by atoms with Gasteiger partial charge in [-0.25, -0.2) is 0 Å². The number of hydrogen-bond acceptors (Lipinski definition) is 3. The van der Waals surface area contributed by atoms with E-state index >= 15 is 0 Å². The molecule has 0 bridgehead atoms. The Morgan fingerprint density at radius 1 is 1.25 bits per heavy atom. The molecule has 1 aromatic carbocycles. The number of esters is 1. The summed E-state index contributed by atoms with van der Waals surface area (Å²) in [5.41, 5.74) is 0.999. The van der Waals surface area contributed by atoms with Gasteiger partial charge in [-0.2, -0.15) is 0 Å². The van der Waals surface area contributed by atoms with Gasteiger partial charge in [0, 0.05) is 18.1 Å². The maximum absolute atomic E-state index is 12.0. The number of rotatable bonds is 3. The second kappa shape index (κ2) is 5.49. The fourth-order valence-electron chi connectivity index (χ4n) is 2.69. The molecule has 4 nitrogen and oxygen atoms in total. The number of Topliss-reactive ketones (excluding diaryl/α,β-unsaturated/α-hetero) is 1. The van der Waals surface area contributed by atoms with Crippen molar-refractivity contribution < 1.29 is 14.3 Å². The van der Waals surface area contributed by atoms with Crippen molar-refractivity contribution in [2.24, 2.45) is 0 Å². The number of aromatic nitrogens is 1. The van der Waals surface area contributed by atoms with Gasteiger partial charge in [-0.1, -0.05) is 18.2 Å². The largest absolute Gasteiger partial charge is 0.453 e. The zero-order chi connectivity index (χ0) is 13.9. The van der Waals surface area contributed by atoms with Gasteiger partial charge in [-0.15, -0.1) is 0 Å². The summed E-state index contributed by atoms with van der Waals surface area (Å²) in [7, 11) is 0. The molecule has 0 aliphatic heterocycles. The minimum Gasteiger partial charge on any atom is -0.453 e. The van der Waals surface area contributed by atoms with Gasteiger partial charge in [-0.05, 0) is 36.8 Å². The van der Waals surface area contributed by atoms with Crippen LogP contribution in [0.25, 0.3) is 10.9 Å². The van der Waals surface area contributed by atoms with Crippen molar-refractivity contribution in [3.8, 4) is 0 Å². The number of hydrogen-bond donors (Lipinski definition) is 0. The van der Waals surface area contributed by atoms with Crippen LogP contribution in [0.15, 0.2) is 36.5 Å². The van der Waals surface area contributed by atoms with Crippen LogP contribution < -0.4 is 0 Å². The van der Waals surface area contributed by atoms with Gasteiger partial charge < -0.3 is 9.30 Å². The summed E-state index contributed by atoms with van der Waals surface area (Å²) in [6.07, 6.45) is 4.40. The quantitative estimate of drug-likeness (QED) is 0.806. The predicted octanol–water partition coefficient (Wildman–Crippen LogP) is 2.70. The first-order chi connectivity index (χ1) is 9.74. The molecule has 0 amide bonds. The second-order valence-electron chi connectivity index (χ2n) is 5.19. The van der Waals surface area contributed by atoms with Crippen molar-refractivity contribution in [1.82, 2.24) is 4.57 Å². The van der Waals surface area contributed by atoms with Crippen LogP contribution in [0.5, 0.6) is 0 Å². The fraction of sp³-hybridized carbons (Fsp3) is 0.375. The van der Waals surface area contributed by atoms with Crippen LogP contribution in [-0.2, 0) is 20.9 Å². The van der Waals surface area contributed by atoms with Gasteiger partial charge in [0.1, 0.15) is 6.54 Å². The first kappa shape index (κ1) is 12.9. The zero-order valence-electron chi connectivity index (χ0n) is 11.2. The molecule has 20 heavy (non-hydrogen) atoms. The Kier molecular flexibility index (Phi) is 3.54. The monoisotopic (exact) mass is 271 g/mol. The average molecular weight is 271 g/mol. The van der Waals surface area contributed by atoms with Crippen LogP contribution in [0, 0.1) is 0 Å². The molecule has 2 aromatic rings. The molecular formula is C16H17NO3. The molecule has 4 heteroatoms. The lowest BCUT2D eigenvalue weighted by Crippen LogP contribution is -2.31. The van der Waals surface area contributed by atoms with E-state index in [1.165, 1.54) is 0 Å². The highest BCUT2D eigenvalue weighted by Crippen LogP contribution is 2.19. The number of carbonyl (C=O) groups is 2. The molecule has 0 spiro atoms. The molecule has 1 saturated carbocycles. The van der Waals surface area contributed by atoms with Crippen molar-refractivity contribution in [2.45, 2.75) is 38.3 Å². The van der Waals surface area contributed by atoms with Crippen molar-refractivity contribution in [3.05, 3.63) is 36.5 Å². The van der Waals surface area contributed by atoms with Crippen molar-refractivity contribution >= 4 is 22.7 Å². The van der Waals surface area contributed by atoms with E-state index < -0.39 is 6.10 Å². The van der Waals surface area contributed by atoms with E-state index in [4.69, 9.17) is 4.74 Å². The Hall–Kier alpha value is -2.10. The molecule has 0 N–H and O–H groups in total. The number of benzene rings is 1. The summed E-state index contributed by atoms with van der Waals surface area (Å²) in [5.74, 6) is -0.284. The summed E-state index contributed by atoms with van der Waals surface area (Å²) in [6, 6.07) is 9.84. The SMILES string of the molecule is O=C(Cn1ccc2ccccc21)O[C@H]1CCCCC1=O. The van der Waals surface area contributed by atoms with Gasteiger partial charge in [0.05, 0.1) is 0 Å². The van der Waals surface area contributed by atoms with Crippen LogP contribution >= 0.6 is 0 Å². The van der Waals surface area contributed by atoms with Crippen molar-refractivity contribution in [2.75, 3.05) is 0 Å². The molecule has 3 rings (SSSR count). The molecule has 104 valence electrons. The Bertz CT molecular complexity index is 644. The maximum Gasteiger partial charge on any atom is 0.326 e. The van der Waals surface area contributed by atoms with Crippen LogP contribution in [0.1, 0.15) is 25.7 Å². The zero-order valence-corrected chi connectivity index (χ0v) is 11.2. The highest BCUT2D eigenvalue weighted by molar-refractivity contribution is 5.86. The summed E-state index contributed by atoms with van der Waals surface area (Å²) < 4.78 is 7.17. The van der Waals surface area contributed by atoms with E-state index in [0.29, 0.717) is 12.8 Å². The van der Waals surface area contributed by atoms with E-state index in [-0.39, 0.29) is 18.3 Å². The normalized spacial score (nSPS) is 19.2. The molecule has 0 radical (unpaired) electrons. The van der Waals surface area contributed by atoms with Gasteiger partial charge in [0.15, 0.2) is 11.9 Å². The number of carbonyl (C=O) groups excluding carboxylic acids is 2. The third-order valence-electron chi connectivity index (χ3n) is 3.75. The lowest BCUT2D eigenvalue weighted by molar-refractivity contribution is -0.157. The third kappa shape index (κ3) is 2.59. The molecular weight excluding hydrogens is 254 g/mol. The number of fused-ring (bicyclic) bond motifs is 1. The van der Waals surface area contributed by atoms with Crippen LogP contribution in [0.4, 0.5) is 0 Å². The van der Waals surface area contributed by atoms with Gasteiger partial charge in [0.2, 0.25) is 0 Å². The highest BCUT2D eigenvalue weighted by Gasteiger charge is 2.25. The molecule has 1 aliphatic rings. The van der Waals surface area contributed by atoms with Crippen LogP contribution in [0.3, 0.4) is 0 Å². The van der Waals surface area contributed by atoms with E-state index in [9.17, 15) is 9.59 Å². The van der Waals surface area contributed by atoms with E-state index in [1.54, 1.807) is 0 Å². The first-order valence-corrected chi connectivity index (χ1v) is 7.00. The van der Waals surface area contributed by atoms with Crippen molar-refractivity contribution in [1.29, 1.82) is 0 Å². The van der Waals surface area contributed by atoms with Crippen LogP contribution in [-0.4, -0.2) is 22.4 Å². The number of nitrogens with zero attached hydrogens (tertiary/aromatic N) is 1. The number of ketones is 1. The standard InChI is InChI=1S/C16H17NO3/c18-14-7-3-4-8-15(14)20-16(19)11-17-10-9-12-5-1-2-6-13(12)17/h1-2,5-6,9-10,15H,3-4,7-8,11H2/t15-/m0/s1. The number of ether oxygens (including phenoxy) is 1. The Balaban J connectivity index is 1.68. The minimum absolute atomic E-state index is 0.0574. The Morgan fingerprint density at radius 2 is 2.10 bits per heavy atom. The van der Waals surface area contributed by atoms with E-state index in [1.807, 2.05) is 41.1 Å². The minimum atomic E-state index is -0.530. The smallest absolute Gasteiger partial charge is 0.326 e. The second-order valence-corrected chi connectivity index (χ2v) is 5.19. The van der Waals surface area contributed by atoms with Crippen LogP contribution in [0.2, 0.25) is 0 Å². The van der Waals surface area contributed by atoms with Crippen molar-refractivity contribution in [3.63, 3.8) is 0 Å². The fourth-order valence-corrected chi connectivity index (χ4v) is 2.69. The molecule has 1 atom stereocenters. The van der Waals surface area contributed by atoms with E-state index in [0.717, 1.165) is 23.7 Å². The van der Waals surface area contributed by atoms with Gasteiger partial charge in [-0.3, -0.25) is 9.59 Å². The predicted molar refractivity (Wildman–Crippen MR) is 75.3 cm³/mol. The van der Waals surface area contributed by atoms with Gasteiger partial charge >= 0.3 is 5.97 Å². The molecule has 0 saturated heterocycles. The van der Waals surface area contributed by atoms with Gasteiger partial charge in [0.25, 0.3) is 0 Å². The molecule has 1 fully saturated rings. The molecule has 0 unspecified atom stereocenters. The lowest BCUT2D eigenvalue weighted by atomic mass is 9.96. The third-order valence-corrected chi connectivity index (χ3v) is 3.75. The number of para-hydroxylation sites is 1. The molecule has 1 aromatic heterocycles. The van der Waals surface area contributed by atoms with E-state index in [2.05, 4.69) is 0 Å². The average Bonchev–Trinajstić information content (AvgIpc) is 2.85. The summed E-state index contributed by atoms with van der Waals surface area (Å²) in [6.45, 7) is 0.150.